The van der Waals surface area contributed by atoms with Crippen molar-refractivity contribution in [1.29, 1.82) is 0 Å². The zero-order valence-electron chi connectivity index (χ0n) is 14.7. The van der Waals surface area contributed by atoms with Gasteiger partial charge >= 0.3 is 0 Å². The van der Waals surface area contributed by atoms with Gasteiger partial charge in [0.15, 0.2) is 0 Å². The van der Waals surface area contributed by atoms with E-state index in [-0.39, 0.29) is 21.9 Å². The minimum atomic E-state index is -3.62. The molecule has 4 rings (SSSR count). The van der Waals surface area contributed by atoms with Crippen LogP contribution in [0.3, 0.4) is 0 Å². The van der Waals surface area contributed by atoms with E-state index in [1.807, 2.05) is 0 Å². The van der Waals surface area contributed by atoms with Gasteiger partial charge in [0.1, 0.15) is 0 Å². The zero-order chi connectivity index (χ0) is 18.4. The van der Waals surface area contributed by atoms with Crippen LogP contribution in [0.1, 0.15) is 51.4 Å². The largest absolute Gasteiger partial charge is 0.240 e. The highest BCUT2D eigenvalue weighted by atomic mass is 32.2. The Morgan fingerprint density at radius 2 is 1.31 bits per heavy atom. The summed E-state index contributed by atoms with van der Waals surface area (Å²) in [6, 6.07) is 5.55. The lowest BCUT2D eigenvalue weighted by atomic mass is 9.96. The molecule has 3 saturated carbocycles. The maximum absolute atomic E-state index is 12.6. The van der Waals surface area contributed by atoms with E-state index in [4.69, 9.17) is 0 Å². The second kappa shape index (κ2) is 6.89. The van der Waals surface area contributed by atoms with Crippen LogP contribution < -0.4 is 9.44 Å². The summed E-state index contributed by atoms with van der Waals surface area (Å²) < 4.78 is 55.7. The molecule has 0 heterocycles. The molecule has 2 N–H and O–H groups in total. The molecule has 1 aromatic rings. The SMILES string of the molecule is O=S(=O)(NC1CCCC1)c1ccc(S(=O)(=O)NC2CC3CCC2C3)cc1. The average molecular weight is 399 g/mol. The lowest BCUT2D eigenvalue weighted by Crippen LogP contribution is -2.38. The highest BCUT2D eigenvalue weighted by molar-refractivity contribution is 7.90. The number of sulfonamides is 2. The van der Waals surface area contributed by atoms with E-state index >= 15 is 0 Å². The van der Waals surface area contributed by atoms with Gasteiger partial charge in [0, 0.05) is 12.1 Å². The predicted molar refractivity (Wildman–Crippen MR) is 98.6 cm³/mol. The van der Waals surface area contributed by atoms with Gasteiger partial charge in [-0.3, -0.25) is 0 Å². The van der Waals surface area contributed by atoms with Crippen molar-refractivity contribution in [3.8, 4) is 0 Å². The molecule has 144 valence electrons. The molecule has 0 spiro atoms. The Morgan fingerprint density at radius 3 is 1.81 bits per heavy atom. The average Bonchev–Trinajstić information content (AvgIpc) is 3.32. The van der Waals surface area contributed by atoms with Gasteiger partial charge in [-0.05, 0) is 68.2 Å². The van der Waals surface area contributed by atoms with Gasteiger partial charge < -0.3 is 0 Å². The quantitative estimate of drug-likeness (QED) is 0.769. The minimum Gasteiger partial charge on any atom is -0.208 e. The third kappa shape index (κ3) is 3.69. The molecule has 0 amide bonds. The Bertz CT molecular complexity index is 859. The summed E-state index contributed by atoms with van der Waals surface area (Å²) in [6.07, 6.45) is 8.15. The first-order valence-corrected chi connectivity index (χ1v) is 12.4. The molecule has 0 aromatic heterocycles. The van der Waals surface area contributed by atoms with Gasteiger partial charge in [-0.1, -0.05) is 19.3 Å². The van der Waals surface area contributed by atoms with E-state index in [1.165, 1.54) is 30.7 Å². The second-order valence-corrected chi connectivity index (χ2v) is 11.4. The molecular formula is C18H26N2O4S2. The summed E-state index contributed by atoms with van der Waals surface area (Å²) in [7, 11) is -7.22. The van der Waals surface area contributed by atoms with Crippen molar-refractivity contribution in [2.75, 3.05) is 0 Å². The maximum Gasteiger partial charge on any atom is 0.240 e. The predicted octanol–water partition coefficient (Wildman–Crippen LogP) is 2.37. The topological polar surface area (TPSA) is 92.3 Å². The Morgan fingerprint density at radius 1 is 0.731 bits per heavy atom. The third-order valence-electron chi connectivity index (χ3n) is 6.17. The van der Waals surface area contributed by atoms with Crippen LogP contribution in [0.2, 0.25) is 0 Å². The fraction of sp³-hybridized carbons (Fsp3) is 0.667. The second-order valence-electron chi connectivity index (χ2n) is 7.98. The van der Waals surface area contributed by atoms with Crippen molar-refractivity contribution in [2.24, 2.45) is 11.8 Å². The molecule has 26 heavy (non-hydrogen) atoms. The fourth-order valence-electron chi connectivity index (χ4n) is 4.79. The molecule has 3 aliphatic carbocycles. The van der Waals surface area contributed by atoms with Crippen LogP contribution in [0.15, 0.2) is 34.1 Å². The molecule has 3 fully saturated rings. The molecule has 3 atom stereocenters. The van der Waals surface area contributed by atoms with Crippen LogP contribution in [0, 0.1) is 11.8 Å². The minimum absolute atomic E-state index is 0.0112. The van der Waals surface area contributed by atoms with E-state index in [1.54, 1.807) is 0 Å². The van der Waals surface area contributed by atoms with Crippen molar-refractivity contribution in [1.82, 2.24) is 9.44 Å². The molecule has 1 aromatic carbocycles. The maximum atomic E-state index is 12.6. The fourth-order valence-corrected chi connectivity index (χ4v) is 7.41. The molecule has 0 saturated heterocycles. The van der Waals surface area contributed by atoms with Crippen LogP contribution in [-0.2, 0) is 20.0 Å². The summed E-state index contributed by atoms with van der Waals surface area (Å²) in [4.78, 5) is 0.239. The number of rotatable bonds is 6. The Labute approximate surface area is 155 Å². The standard InChI is InChI=1S/C18H26N2O4S2/c21-25(22,19-15-3-1-2-4-15)16-7-9-17(10-8-16)26(23,24)20-18-12-13-5-6-14(18)11-13/h7-10,13-15,18-20H,1-6,11-12H2. The lowest BCUT2D eigenvalue weighted by Gasteiger charge is -2.22. The number of hydrogen-bond donors (Lipinski definition) is 2. The van der Waals surface area contributed by atoms with Crippen molar-refractivity contribution in [3.63, 3.8) is 0 Å². The number of nitrogens with one attached hydrogen (secondary N) is 2. The van der Waals surface area contributed by atoms with Gasteiger partial charge in [-0.25, -0.2) is 26.3 Å². The van der Waals surface area contributed by atoms with E-state index < -0.39 is 20.0 Å². The summed E-state index contributed by atoms with van der Waals surface area (Å²) >= 11 is 0. The monoisotopic (exact) mass is 398 g/mol. The Hall–Kier alpha value is -0.960. The van der Waals surface area contributed by atoms with Crippen molar-refractivity contribution < 1.29 is 16.8 Å². The highest BCUT2D eigenvalue weighted by Gasteiger charge is 2.41. The third-order valence-corrected chi connectivity index (χ3v) is 9.21. The summed E-state index contributed by atoms with van der Waals surface area (Å²) in [5.74, 6) is 1.10. The first-order chi connectivity index (χ1) is 12.3. The van der Waals surface area contributed by atoms with Crippen LogP contribution >= 0.6 is 0 Å². The molecule has 8 heteroatoms. The molecule has 3 unspecified atom stereocenters. The first-order valence-electron chi connectivity index (χ1n) is 9.48. The number of benzene rings is 1. The molecule has 0 radical (unpaired) electrons. The Balaban J connectivity index is 1.46. The van der Waals surface area contributed by atoms with Crippen LogP contribution in [0.5, 0.6) is 0 Å². The van der Waals surface area contributed by atoms with Crippen LogP contribution in [0.4, 0.5) is 0 Å². The van der Waals surface area contributed by atoms with Crippen molar-refractivity contribution in [3.05, 3.63) is 24.3 Å². The highest BCUT2D eigenvalue weighted by Crippen LogP contribution is 2.44. The van der Waals surface area contributed by atoms with Crippen molar-refractivity contribution in [2.45, 2.75) is 73.2 Å². The molecular weight excluding hydrogens is 372 g/mol. The van der Waals surface area contributed by atoms with Gasteiger partial charge in [0.2, 0.25) is 20.0 Å². The van der Waals surface area contributed by atoms with Crippen LogP contribution in [0.25, 0.3) is 0 Å². The van der Waals surface area contributed by atoms with E-state index in [2.05, 4.69) is 9.44 Å². The Kier molecular flexibility index (Phi) is 4.88. The van der Waals surface area contributed by atoms with E-state index in [0.29, 0.717) is 11.8 Å². The van der Waals surface area contributed by atoms with Crippen LogP contribution in [-0.4, -0.2) is 28.9 Å². The van der Waals surface area contributed by atoms with Gasteiger partial charge in [0.25, 0.3) is 0 Å². The molecule has 0 aliphatic heterocycles. The smallest absolute Gasteiger partial charge is 0.208 e. The molecule has 3 aliphatic rings. The van der Waals surface area contributed by atoms with Gasteiger partial charge in [-0.2, -0.15) is 0 Å². The number of fused-ring (bicyclic) bond motifs is 2. The summed E-state index contributed by atoms with van der Waals surface area (Å²) in [6.45, 7) is 0. The molecule has 2 bridgehead atoms. The normalized spacial score (nSPS) is 29.5. The van der Waals surface area contributed by atoms with Gasteiger partial charge in [-0.15, -0.1) is 0 Å². The number of hydrogen-bond acceptors (Lipinski definition) is 4. The van der Waals surface area contributed by atoms with E-state index in [0.717, 1.165) is 44.9 Å². The summed E-state index contributed by atoms with van der Waals surface area (Å²) in [5.41, 5.74) is 0. The van der Waals surface area contributed by atoms with Crippen molar-refractivity contribution >= 4 is 20.0 Å². The summed E-state index contributed by atoms with van der Waals surface area (Å²) in [5, 5.41) is 0. The zero-order valence-corrected chi connectivity index (χ0v) is 16.4. The molecule has 6 nitrogen and oxygen atoms in total. The first kappa shape index (κ1) is 18.4. The van der Waals surface area contributed by atoms with E-state index in [9.17, 15) is 16.8 Å². The van der Waals surface area contributed by atoms with Gasteiger partial charge in [0.05, 0.1) is 9.79 Å². The lowest BCUT2D eigenvalue weighted by molar-refractivity contribution is 0.390.